The topological polar surface area (TPSA) is 9.23 Å². The molecule has 1 nitrogen and oxygen atoms in total. The molecular formula is C31H18F6O. The predicted octanol–water partition coefficient (Wildman–Crippen LogP) is 9.38. The molecule has 38 heavy (non-hydrogen) atoms. The lowest BCUT2D eigenvalue weighted by Crippen LogP contribution is -2.35. The first-order valence-corrected chi connectivity index (χ1v) is 11.8. The van der Waals surface area contributed by atoms with E-state index in [1.807, 2.05) is 18.2 Å². The third-order valence-corrected chi connectivity index (χ3v) is 6.92. The maximum atomic E-state index is 14.2. The van der Waals surface area contributed by atoms with Gasteiger partial charge in [-0.1, -0.05) is 78.9 Å². The fourth-order valence-electron chi connectivity index (χ4n) is 5.12. The molecule has 0 saturated heterocycles. The Balaban J connectivity index is 1.67. The van der Waals surface area contributed by atoms with Crippen molar-refractivity contribution in [1.29, 1.82) is 0 Å². The van der Waals surface area contributed by atoms with Crippen LogP contribution in [-0.4, -0.2) is 0 Å². The Morgan fingerprint density at radius 3 is 1.92 bits per heavy atom. The molecule has 7 heteroatoms. The van der Waals surface area contributed by atoms with Crippen LogP contribution in [0, 0.1) is 0 Å². The van der Waals surface area contributed by atoms with Crippen LogP contribution in [0.25, 0.3) is 27.6 Å². The zero-order valence-corrected chi connectivity index (χ0v) is 19.6. The van der Waals surface area contributed by atoms with Gasteiger partial charge in [0, 0.05) is 22.1 Å². The molecule has 0 aromatic heterocycles. The molecule has 1 heterocycles. The number of hydrogen-bond donors (Lipinski definition) is 0. The van der Waals surface area contributed by atoms with Crippen LogP contribution < -0.4 is 4.74 Å². The summed E-state index contributed by atoms with van der Waals surface area (Å²) in [6.07, 6.45) is -6.34. The molecule has 1 unspecified atom stereocenters. The van der Waals surface area contributed by atoms with E-state index in [1.54, 1.807) is 48.5 Å². The molecule has 1 aliphatic rings. The zero-order chi connectivity index (χ0) is 26.7. The first-order chi connectivity index (χ1) is 18.1. The molecule has 1 aliphatic heterocycles. The number of alkyl halides is 6. The molecule has 190 valence electrons. The lowest BCUT2D eigenvalue weighted by molar-refractivity contribution is -0.138. The summed E-state index contributed by atoms with van der Waals surface area (Å²) in [4.78, 5) is 0. The predicted molar refractivity (Wildman–Crippen MR) is 135 cm³/mol. The van der Waals surface area contributed by atoms with Crippen LogP contribution in [-0.2, 0) is 18.0 Å². The van der Waals surface area contributed by atoms with Gasteiger partial charge in [0.05, 0.1) is 11.1 Å². The molecule has 5 aromatic rings. The van der Waals surface area contributed by atoms with Gasteiger partial charge in [0.25, 0.3) is 0 Å². The Kier molecular flexibility index (Phi) is 5.31. The maximum Gasteiger partial charge on any atom is 0.417 e. The summed E-state index contributed by atoms with van der Waals surface area (Å²) in [5.74, 6) is 0.0258. The average molecular weight is 520 g/mol. The van der Waals surface area contributed by atoms with Gasteiger partial charge in [0.1, 0.15) is 5.75 Å². The third-order valence-electron chi connectivity index (χ3n) is 6.92. The summed E-state index contributed by atoms with van der Waals surface area (Å²) in [5.41, 5.74) is -2.36. The lowest BCUT2D eigenvalue weighted by Gasteiger charge is -2.37. The van der Waals surface area contributed by atoms with Gasteiger partial charge in [-0.2, -0.15) is 26.3 Å². The fraction of sp³-hybridized carbons (Fsp3) is 0.0968. The van der Waals surface area contributed by atoms with E-state index in [0.717, 1.165) is 23.6 Å². The van der Waals surface area contributed by atoms with Crippen molar-refractivity contribution in [3.8, 4) is 5.75 Å². The molecule has 0 amide bonds. The Morgan fingerprint density at radius 1 is 0.605 bits per heavy atom. The van der Waals surface area contributed by atoms with Crippen LogP contribution in [0.5, 0.6) is 5.75 Å². The van der Waals surface area contributed by atoms with E-state index in [4.69, 9.17) is 4.74 Å². The summed E-state index contributed by atoms with van der Waals surface area (Å²) in [5, 5.41) is 2.38. The molecule has 0 aliphatic carbocycles. The molecular weight excluding hydrogens is 502 g/mol. The third kappa shape index (κ3) is 3.81. The molecule has 5 aromatic carbocycles. The Hall–Kier alpha value is -4.26. The monoisotopic (exact) mass is 520 g/mol. The second kappa shape index (κ2) is 8.38. The lowest BCUT2D eigenvalue weighted by atomic mass is 9.82. The molecule has 0 spiro atoms. The Bertz CT molecular complexity index is 1700. The quantitative estimate of drug-likeness (QED) is 0.166. The van der Waals surface area contributed by atoms with Crippen LogP contribution in [0.1, 0.15) is 27.8 Å². The zero-order valence-electron chi connectivity index (χ0n) is 19.6. The number of fused-ring (bicyclic) bond motifs is 5. The standard InChI is InChI=1S/C31H18F6O/c32-30(33,34)23-14-12-22(13-15-23)29(21-7-2-1-3-8-21)17-16-25-26(31(35,36)37)18-20-11-10-19-6-4-5-9-24(19)27(20)28(25)38-29/h1-18H. The Morgan fingerprint density at radius 2 is 1.24 bits per heavy atom. The van der Waals surface area contributed by atoms with Crippen molar-refractivity contribution in [3.05, 3.63) is 131 Å². The highest BCUT2D eigenvalue weighted by Crippen LogP contribution is 2.50. The highest BCUT2D eigenvalue weighted by atomic mass is 19.4. The van der Waals surface area contributed by atoms with Crippen molar-refractivity contribution in [2.45, 2.75) is 18.0 Å². The van der Waals surface area contributed by atoms with E-state index >= 15 is 0 Å². The van der Waals surface area contributed by atoms with Gasteiger partial charge in [-0.25, -0.2) is 0 Å². The number of hydrogen-bond acceptors (Lipinski definition) is 1. The van der Waals surface area contributed by atoms with Crippen LogP contribution >= 0.6 is 0 Å². The second-order valence-electron chi connectivity index (χ2n) is 9.16. The number of halogens is 6. The minimum absolute atomic E-state index is 0.0258. The van der Waals surface area contributed by atoms with Crippen LogP contribution in [0.3, 0.4) is 0 Å². The van der Waals surface area contributed by atoms with Gasteiger partial charge >= 0.3 is 12.4 Å². The average Bonchev–Trinajstić information content (AvgIpc) is 2.91. The first-order valence-electron chi connectivity index (χ1n) is 11.8. The van der Waals surface area contributed by atoms with Crippen LogP contribution in [0.2, 0.25) is 0 Å². The minimum atomic E-state index is -4.65. The fourth-order valence-corrected chi connectivity index (χ4v) is 5.12. The van der Waals surface area contributed by atoms with Gasteiger partial charge < -0.3 is 4.74 Å². The second-order valence-corrected chi connectivity index (χ2v) is 9.16. The van der Waals surface area contributed by atoms with Crippen molar-refractivity contribution in [2.75, 3.05) is 0 Å². The van der Waals surface area contributed by atoms with E-state index in [9.17, 15) is 26.3 Å². The number of benzene rings is 5. The van der Waals surface area contributed by atoms with Crippen LogP contribution in [0.4, 0.5) is 26.3 Å². The largest absolute Gasteiger partial charge is 0.472 e. The first kappa shape index (κ1) is 24.1. The van der Waals surface area contributed by atoms with E-state index in [-0.39, 0.29) is 11.3 Å². The van der Waals surface area contributed by atoms with Gasteiger partial charge in [-0.3, -0.25) is 0 Å². The number of ether oxygens (including phenoxy) is 1. The van der Waals surface area contributed by atoms with E-state index in [1.165, 1.54) is 24.3 Å². The summed E-state index contributed by atoms with van der Waals surface area (Å²) < 4.78 is 89.2. The molecule has 0 N–H and O–H groups in total. The van der Waals surface area contributed by atoms with Crippen LogP contribution in [0.15, 0.2) is 103 Å². The SMILES string of the molecule is FC(F)(F)c1ccc(C2(c3ccccc3)C=Cc3c(C(F)(F)F)cc4ccc5ccccc5c4c3O2)cc1. The van der Waals surface area contributed by atoms with Crippen molar-refractivity contribution >= 4 is 27.6 Å². The van der Waals surface area contributed by atoms with E-state index < -0.39 is 29.1 Å². The molecule has 0 saturated carbocycles. The molecule has 0 radical (unpaired) electrons. The highest BCUT2D eigenvalue weighted by Gasteiger charge is 2.42. The normalized spacial score (nSPS) is 17.4. The summed E-state index contributed by atoms with van der Waals surface area (Å²) in [6.45, 7) is 0. The molecule has 1 atom stereocenters. The molecule has 0 fully saturated rings. The minimum Gasteiger partial charge on any atom is -0.472 e. The molecule has 6 rings (SSSR count). The van der Waals surface area contributed by atoms with Gasteiger partial charge in [0.2, 0.25) is 0 Å². The highest BCUT2D eigenvalue weighted by molar-refractivity contribution is 6.12. The van der Waals surface area contributed by atoms with Gasteiger partial charge in [-0.15, -0.1) is 0 Å². The smallest absolute Gasteiger partial charge is 0.417 e. The maximum absolute atomic E-state index is 14.2. The van der Waals surface area contributed by atoms with Crippen molar-refractivity contribution in [1.82, 2.24) is 0 Å². The van der Waals surface area contributed by atoms with Crippen molar-refractivity contribution < 1.29 is 31.1 Å². The van der Waals surface area contributed by atoms with Crippen molar-refractivity contribution in [3.63, 3.8) is 0 Å². The van der Waals surface area contributed by atoms with E-state index in [0.29, 0.717) is 27.3 Å². The van der Waals surface area contributed by atoms with E-state index in [2.05, 4.69) is 0 Å². The van der Waals surface area contributed by atoms with Crippen molar-refractivity contribution in [2.24, 2.45) is 0 Å². The molecule has 0 bridgehead atoms. The Labute approximate surface area is 213 Å². The summed E-state index contributed by atoms with van der Waals surface area (Å²) in [6, 6.07) is 25.0. The number of rotatable bonds is 2. The van der Waals surface area contributed by atoms with Gasteiger partial charge in [0.15, 0.2) is 5.60 Å². The van der Waals surface area contributed by atoms with Gasteiger partial charge in [-0.05, 0) is 46.5 Å². The summed E-state index contributed by atoms with van der Waals surface area (Å²) >= 11 is 0. The summed E-state index contributed by atoms with van der Waals surface area (Å²) in [7, 11) is 0.